The van der Waals surface area contributed by atoms with Crippen molar-refractivity contribution in [2.75, 3.05) is 7.05 Å². The summed E-state index contributed by atoms with van der Waals surface area (Å²) in [6.45, 7) is 13.0. The highest BCUT2D eigenvalue weighted by Gasteiger charge is 2.42. The van der Waals surface area contributed by atoms with E-state index in [1.54, 1.807) is 0 Å². The van der Waals surface area contributed by atoms with E-state index in [0.29, 0.717) is 0 Å². The molecule has 0 spiro atoms. The number of aliphatic hydroxyl groups excluding tert-OH is 1. The van der Waals surface area contributed by atoms with E-state index in [4.69, 9.17) is 0 Å². The fourth-order valence-corrected chi connectivity index (χ4v) is 2.32. The first-order valence-corrected chi connectivity index (χ1v) is 6.09. The van der Waals surface area contributed by atoms with Crippen LogP contribution >= 0.6 is 0 Å². The second kappa shape index (κ2) is 5.31. The van der Waals surface area contributed by atoms with Crippen molar-refractivity contribution in [3.63, 3.8) is 0 Å². The zero-order valence-electron chi connectivity index (χ0n) is 11.6. The van der Waals surface area contributed by atoms with E-state index in [2.05, 4.69) is 53.5 Å². The molecule has 0 aromatic heterocycles. The molecule has 0 saturated carbocycles. The topological polar surface area (TPSA) is 23.5 Å². The maximum Gasteiger partial charge on any atom is 0.0575 e. The fraction of sp³-hybridized carbons (Fsp3) is 1.00. The zero-order valence-corrected chi connectivity index (χ0v) is 11.6. The number of hydrogen-bond acceptors (Lipinski definition) is 2. The molecule has 0 aromatic carbocycles. The van der Waals surface area contributed by atoms with Gasteiger partial charge in [-0.15, -0.1) is 0 Å². The van der Waals surface area contributed by atoms with Gasteiger partial charge in [-0.25, -0.2) is 0 Å². The summed E-state index contributed by atoms with van der Waals surface area (Å²) in [4.78, 5) is 2.37. The van der Waals surface area contributed by atoms with Gasteiger partial charge in [0.25, 0.3) is 0 Å². The van der Waals surface area contributed by atoms with Crippen molar-refractivity contribution in [2.24, 2.45) is 0 Å². The second-order valence-electron chi connectivity index (χ2n) is 5.95. The molecule has 15 heavy (non-hydrogen) atoms. The van der Waals surface area contributed by atoms with Gasteiger partial charge in [-0.05, 0) is 47.6 Å². The number of nitrogens with zero attached hydrogens (tertiary/aromatic N) is 1. The molecule has 1 rings (SSSR count). The first kappa shape index (κ1) is 14.9. The van der Waals surface area contributed by atoms with Gasteiger partial charge in [-0.2, -0.15) is 0 Å². The van der Waals surface area contributed by atoms with Gasteiger partial charge in [0, 0.05) is 11.1 Å². The molecule has 0 amide bonds. The van der Waals surface area contributed by atoms with Gasteiger partial charge in [0.1, 0.15) is 0 Å². The molecule has 1 N–H and O–H groups in total. The van der Waals surface area contributed by atoms with E-state index in [1.807, 2.05) is 0 Å². The SMILES string of the molecule is CCC.CN1C(C)(C)CC(O)CC1(C)C. The minimum atomic E-state index is -0.133. The second-order valence-corrected chi connectivity index (χ2v) is 5.95. The predicted octanol–water partition coefficient (Wildman–Crippen LogP) is 3.05. The highest BCUT2D eigenvalue weighted by molar-refractivity contribution is 4.98. The van der Waals surface area contributed by atoms with Crippen LogP contribution in [0.1, 0.15) is 60.8 Å². The van der Waals surface area contributed by atoms with Crippen LogP contribution in [0.2, 0.25) is 0 Å². The van der Waals surface area contributed by atoms with Gasteiger partial charge in [0.15, 0.2) is 0 Å². The first-order chi connectivity index (χ1) is 6.67. The van der Waals surface area contributed by atoms with Crippen LogP contribution in [-0.2, 0) is 0 Å². The molecule has 1 fully saturated rings. The van der Waals surface area contributed by atoms with Gasteiger partial charge < -0.3 is 5.11 Å². The largest absolute Gasteiger partial charge is 0.393 e. The molecule has 1 heterocycles. The van der Waals surface area contributed by atoms with Crippen LogP contribution in [0.25, 0.3) is 0 Å². The average Bonchev–Trinajstić information content (AvgIpc) is 1.99. The van der Waals surface area contributed by atoms with E-state index < -0.39 is 0 Å². The Hall–Kier alpha value is -0.0800. The number of hydrogen-bond donors (Lipinski definition) is 1. The number of rotatable bonds is 0. The molecule has 92 valence electrons. The molecule has 1 saturated heterocycles. The highest BCUT2D eigenvalue weighted by atomic mass is 16.3. The third-order valence-corrected chi connectivity index (χ3v) is 3.29. The number of piperidine rings is 1. The molecule has 0 aromatic rings. The Bertz CT molecular complexity index is 169. The summed E-state index contributed by atoms with van der Waals surface area (Å²) in [5.41, 5.74) is 0.252. The third-order valence-electron chi connectivity index (χ3n) is 3.29. The van der Waals surface area contributed by atoms with E-state index in [-0.39, 0.29) is 17.2 Å². The van der Waals surface area contributed by atoms with Gasteiger partial charge in [0.05, 0.1) is 6.10 Å². The van der Waals surface area contributed by atoms with Crippen molar-refractivity contribution in [2.45, 2.75) is 78.0 Å². The summed E-state index contributed by atoms with van der Waals surface area (Å²) in [6, 6.07) is 0. The predicted molar refractivity (Wildman–Crippen MR) is 67.1 cm³/mol. The summed E-state index contributed by atoms with van der Waals surface area (Å²) in [5.74, 6) is 0. The summed E-state index contributed by atoms with van der Waals surface area (Å²) < 4.78 is 0. The molecule has 0 radical (unpaired) electrons. The summed E-state index contributed by atoms with van der Waals surface area (Å²) >= 11 is 0. The Morgan fingerprint density at radius 3 is 1.60 bits per heavy atom. The lowest BCUT2D eigenvalue weighted by Crippen LogP contribution is -2.59. The van der Waals surface area contributed by atoms with Crippen LogP contribution in [0.5, 0.6) is 0 Å². The van der Waals surface area contributed by atoms with Crippen LogP contribution in [0, 0.1) is 0 Å². The van der Waals surface area contributed by atoms with Crippen LogP contribution < -0.4 is 0 Å². The molecule has 1 aliphatic rings. The van der Waals surface area contributed by atoms with Crippen molar-refractivity contribution in [3.05, 3.63) is 0 Å². The smallest absolute Gasteiger partial charge is 0.0575 e. The van der Waals surface area contributed by atoms with E-state index in [0.717, 1.165) is 12.8 Å². The monoisotopic (exact) mass is 215 g/mol. The van der Waals surface area contributed by atoms with Crippen molar-refractivity contribution in [1.82, 2.24) is 4.90 Å². The Labute approximate surface area is 95.7 Å². The van der Waals surface area contributed by atoms with E-state index >= 15 is 0 Å². The molecule has 0 bridgehead atoms. The Morgan fingerprint density at radius 2 is 1.33 bits per heavy atom. The molecule has 2 nitrogen and oxygen atoms in total. The maximum atomic E-state index is 9.67. The molecular weight excluding hydrogens is 186 g/mol. The van der Waals surface area contributed by atoms with Crippen molar-refractivity contribution >= 4 is 0 Å². The summed E-state index contributed by atoms with van der Waals surface area (Å²) in [5, 5.41) is 9.67. The number of likely N-dealkylation sites (tertiary alicyclic amines) is 1. The van der Waals surface area contributed by atoms with E-state index in [9.17, 15) is 5.11 Å². The zero-order chi connectivity index (χ0) is 12.3. The number of aliphatic hydroxyl groups is 1. The summed E-state index contributed by atoms with van der Waals surface area (Å²) in [7, 11) is 2.14. The van der Waals surface area contributed by atoms with Gasteiger partial charge in [-0.1, -0.05) is 20.3 Å². The minimum Gasteiger partial charge on any atom is -0.393 e. The first-order valence-electron chi connectivity index (χ1n) is 6.09. The van der Waals surface area contributed by atoms with Gasteiger partial charge in [0.2, 0.25) is 0 Å². The van der Waals surface area contributed by atoms with E-state index in [1.165, 1.54) is 6.42 Å². The van der Waals surface area contributed by atoms with Crippen molar-refractivity contribution in [3.8, 4) is 0 Å². The molecule has 2 heteroatoms. The molecule has 1 aliphatic heterocycles. The quantitative estimate of drug-likeness (QED) is 0.671. The Balaban J connectivity index is 0.000000583. The molecule has 0 aliphatic carbocycles. The van der Waals surface area contributed by atoms with Crippen LogP contribution in [0.4, 0.5) is 0 Å². The lowest BCUT2D eigenvalue weighted by Gasteiger charge is -2.52. The van der Waals surface area contributed by atoms with Crippen LogP contribution in [-0.4, -0.2) is 34.2 Å². The Kier molecular flexibility index (Phi) is 5.28. The molecular formula is C13H29NO. The highest BCUT2D eigenvalue weighted by Crippen LogP contribution is 2.36. The lowest BCUT2D eigenvalue weighted by molar-refractivity contribution is -0.0641. The molecule has 0 atom stereocenters. The Morgan fingerprint density at radius 1 is 1.07 bits per heavy atom. The minimum absolute atomic E-state index is 0.126. The fourth-order valence-electron chi connectivity index (χ4n) is 2.32. The van der Waals surface area contributed by atoms with Crippen LogP contribution in [0.3, 0.4) is 0 Å². The summed E-state index contributed by atoms with van der Waals surface area (Å²) in [6.07, 6.45) is 2.88. The average molecular weight is 215 g/mol. The normalized spacial score (nSPS) is 25.6. The third kappa shape index (κ3) is 4.12. The molecule has 0 unspecified atom stereocenters. The lowest BCUT2D eigenvalue weighted by atomic mass is 9.79. The van der Waals surface area contributed by atoms with Gasteiger partial charge >= 0.3 is 0 Å². The van der Waals surface area contributed by atoms with Crippen LogP contribution in [0.15, 0.2) is 0 Å². The standard InChI is InChI=1S/C10H21NO.C3H8/c1-9(2)6-8(12)7-10(3,4)11(9)5;1-3-2/h8,12H,6-7H2,1-5H3;3H2,1-2H3. The van der Waals surface area contributed by atoms with Crippen molar-refractivity contribution < 1.29 is 5.11 Å². The maximum absolute atomic E-state index is 9.67. The van der Waals surface area contributed by atoms with Gasteiger partial charge in [-0.3, -0.25) is 4.90 Å². The van der Waals surface area contributed by atoms with Crippen molar-refractivity contribution in [1.29, 1.82) is 0 Å².